The van der Waals surface area contributed by atoms with Crippen LogP contribution in [0.5, 0.6) is 0 Å². The van der Waals surface area contributed by atoms with E-state index < -0.39 is 0 Å². The van der Waals surface area contributed by atoms with E-state index in [-0.39, 0.29) is 0 Å². The van der Waals surface area contributed by atoms with Crippen molar-refractivity contribution in [3.05, 3.63) is 29.8 Å². The van der Waals surface area contributed by atoms with Gasteiger partial charge in [-0.2, -0.15) is 5.10 Å². The third kappa shape index (κ3) is 3.90. The lowest BCUT2D eigenvalue weighted by molar-refractivity contribution is 0.470. The number of nitrogens with two attached hydrogens (primary N) is 1. The summed E-state index contributed by atoms with van der Waals surface area (Å²) >= 11 is 0. The fraction of sp³-hybridized carbons (Fsp3) is 0.643. The monoisotopic (exact) mass is 276 g/mol. The van der Waals surface area contributed by atoms with Crippen molar-refractivity contribution in [3.63, 3.8) is 0 Å². The van der Waals surface area contributed by atoms with E-state index in [2.05, 4.69) is 29.3 Å². The van der Waals surface area contributed by atoms with Crippen LogP contribution < -0.4 is 5.73 Å². The van der Waals surface area contributed by atoms with Gasteiger partial charge in [-0.1, -0.05) is 12.1 Å². The maximum Gasteiger partial charge on any atom is 0.0867 e. The molecule has 0 amide bonds. The molecule has 0 radical (unpaired) electrons. The first-order chi connectivity index (χ1) is 9.72. The molecule has 0 fully saturated rings. The number of aryl methyl sites for hydroxylation is 1. The number of hydrogen-bond donors (Lipinski definition) is 1. The van der Waals surface area contributed by atoms with Gasteiger partial charge in [0.25, 0.3) is 0 Å². The van der Waals surface area contributed by atoms with Gasteiger partial charge in [0, 0.05) is 18.4 Å². The van der Waals surface area contributed by atoms with Crippen molar-refractivity contribution in [1.29, 1.82) is 0 Å². The second-order valence-electron chi connectivity index (χ2n) is 5.20. The van der Waals surface area contributed by atoms with Gasteiger partial charge < -0.3 is 5.73 Å². The number of aromatic nitrogens is 5. The molecule has 0 saturated heterocycles. The molecule has 0 saturated carbocycles. The van der Waals surface area contributed by atoms with E-state index in [1.165, 1.54) is 0 Å². The highest BCUT2D eigenvalue weighted by Crippen LogP contribution is 2.10. The fourth-order valence-corrected chi connectivity index (χ4v) is 2.04. The Morgan fingerprint density at radius 1 is 1.30 bits per heavy atom. The van der Waals surface area contributed by atoms with Gasteiger partial charge in [0.05, 0.1) is 17.9 Å². The highest BCUT2D eigenvalue weighted by atomic mass is 15.4. The Balaban J connectivity index is 1.91. The molecule has 1 unspecified atom stereocenters. The molecule has 0 aromatic carbocycles. The first kappa shape index (κ1) is 14.7. The summed E-state index contributed by atoms with van der Waals surface area (Å²) < 4.78 is 3.86. The zero-order valence-electron chi connectivity index (χ0n) is 12.4. The van der Waals surface area contributed by atoms with E-state index in [4.69, 9.17) is 5.73 Å². The van der Waals surface area contributed by atoms with E-state index in [9.17, 15) is 0 Å². The summed E-state index contributed by atoms with van der Waals surface area (Å²) in [6.45, 7) is 5.74. The van der Waals surface area contributed by atoms with Crippen LogP contribution in [0.4, 0.5) is 0 Å². The van der Waals surface area contributed by atoms with Crippen molar-refractivity contribution in [3.8, 4) is 0 Å². The van der Waals surface area contributed by atoms with Crippen molar-refractivity contribution < 1.29 is 0 Å². The van der Waals surface area contributed by atoms with E-state index in [1.54, 1.807) is 0 Å². The Kier molecular flexibility index (Phi) is 5.29. The normalized spacial score (nSPS) is 12.8. The number of unbranched alkanes of at least 4 members (excludes halogenated alkanes) is 1. The molecule has 2 aromatic heterocycles. The van der Waals surface area contributed by atoms with E-state index in [0.29, 0.717) is 12.6 Å². The van der Waals surface area contributed by atoms with Gasteiger partial charge in [0.2, 0.25) is 0 Å². The molecule has 0 aliphatic rings. The van der Waals surface area contributed by atoms with Gasteiger partial charge >= 0.3 is 0 Å². The van der Waals surface area contributed by atoms with Gasteiger partial charge in [-0.3, -0.25) is 4.68 Å². The summed E-state index contributed by atoms with van der Waals surface area (Å²) in [7, 11) is 0. The molecule has 2 heterocycles. The average molecular weight is 276 g/mol. The Morgan fingerprint density at radius 2 is 2.15 bits per heavy atom. The Morgan fingerprint density at radius 3 is 2.90 bits per heavy atom. The van der Waals surface area contributed by atoms with Crippen LogP contribution in [0, 0.1) is 0 Å². The highest BCUT2D eigenvalue weighted by molar-refractivity contribution is 5.01. The van der Waals surface area contributed by atoms with Crippen LogP contribution in [0.2, 0.25) is 0 Å². The predicted molar refractivity (Wildman–Crippen MR) is 78.3 cm³/mol. The second-order valence-corrected chi connectivity index (χ2v) is 5.20. The summed E-state index contributed by atoms with van der Waals surface area (Å²) in [6.07, 6.45) is 8.15. The van der Waals surface area contributed by atoms with Crippen LogP contribution in [0.25, 0.3) is 0 Å². The molecule has 2 N–H and O–H groups in total. The van der Waals surface area contributed by atoms with Crippen molar-refractivity contribution in [2.45, 2.75) is 52.1 Å². The molecular weight excluding hydrogens is 252 g/mol. The maximum absolute atomic E-state index is 5.49. The molecule has 0 spiro atoms. The topological polar surface area (TPSA) is 74.5 Å². The van der Waals surface area contributed by atoms with E-state index in [0.717, 1.165) is 43.6 Å². The second kappa shape index (κ2) is 7.19. The van der Waals surface area contributed by atoms with E-state index in [1.807, 2.05) is 27.8 Å². The molecule has 2 rings (SSSR count). The minimum atomic E-state index is 0.436. The highest BCUT2D eigenvalue weighted by Gasteiger charge is 2.06. The zero-order valence-corrected chi connectivity index (χ0v) is 12.4. The molecule has 6 nitrogen and oxygen atoms in total. The summed E-state index contributed by atoms with van der Waals surface area (Å²) in [4.78, 5) is 0. The molecule has 0 bridgehead atoms. The lowest BCUT2D eigenvalue weighted by Gasteiger charge is -2.07. The van der Waals surface area contributed by atoms with Gasteiger partial charge in [-0.15, -0.1) is 5.10 Å². The van der Waals surface area contributed by atoms with Crippen LogP contribution >= 0.6 is 0 Å². The summed E-state index contributed by atoms with van der Waals surface area (Å²) in [5.74, 6) is 0. The van der Waals surface area contributed by atoms with Crippen LogP contribution in [-0.2, 0) is 13.0 Å². The molecule has 0 aliphatic heterocycles. The van der Waals surface area contributed by atoms with Gasteiger partial charge in [0.15, 0.2) is 0 Å². The van der Waals surface area contributed by atoms with Crippen LogP contribution in [0.3, 0.4) is 0 Å². The number of hydrogen-bond acceptors (Lipinski definition) is 4. The lowest BCUT2D eigenvalue weighted by Crippen LogP contribution is -2.06. The van der Waals surface area contributed by atoms with Crippen molar-refractivity contribution in [2.75, 3.05) is 6.54 Å². The molecule has 2 aromatic rings. The summed E-state index contributed by atoms with van der Waals surface area (Å²) in [5.41, 5.74) is 7.53. The number of rotatable bonds is 8. The largest absolute Gasteiger partial charge is 0.330 e. The van der Waals surface area contributed by atoms with Crippen LogP contribution in [0.15, 0.2) is 18.5 Å². The molecule has 6 heteroatoms. The van der Waals surface area contributed by atoms with Gasteiger partial charge in [-0.05, 0) is 45.2 Å². The summed E-state index contributed by atoms with van der Waals surface area (Å²) in [5, 5.41) is 12.9. The molecule has 1 atom stereocenters. The molecule has 20 heavy (non-hydrogen) atoms. The first-order valence-electron chi connectivity index (χ1n) is 7.36. The lowest BCUT2D eigenvalue weighted by atomic mass is 10.2. The third-order valence-corrected chi connectivity index (χ3v) is 3.50. The predicted octanol–water partition coefficient (Wildman–Crippen LogP) is 1.78. The summed E-state index contributed by atoms with van der Waals surface area (Å²) in [6, 6.07) is 2.48. The maximum atomic E-state index is 5.49. The number of nitrogens with zero attached hydrogens (tertiary/aromatic N) is 5. The zero-order chi connectivity index (χ0) is 14.4. The average Bonchev–Trinajstić information content (AvgIpc) is 3.08. The van der Waals surface area contributed by atoms with Gasteiger partial charge in [-0.25, -0.2) is 4.68 Å². The van der Waals surface area contributed by atoms with Crippen molar-refractivity contribution >= 4 is 0 Å². The van der Waals surface area contributed by atoms with Crippen LogP contribution in [-0.4, -0.2) is 31.3 Å². The molecular formula is C14H24N6. The van der Waals surface area contributed by atoms with Gasteiger partial charge in [0.1, 0.15) is 0 Å². The first-order valence-corrected chi connectivity index (χ1v) is 7.36. The standard InChI is InChI=1S/C14H24N6/c1-3-12(2)20-9-7-14(17-20)11-19-10-13(16-18-19)6-4-5-8-15/h7,9-10,12H,3-6,8,11,15H2,1-2H3. The smallest absolute Gasteiger partial charge is 0.0867 e. The van der Waals surface area contributed by atoms with Crippen molar-refractivity contribution in [2.24, 2.45) is 5.73 Å². The third-order valence-electron chi connectivity index (χ3n) is 3.50. The quantitative estimate of drug-likeness (QED) is 0.746. The van der Waals surface area contributed by atoms with Crippen molar-refractivity contribution in [1.82, 2.24) is 24.8 Å². The SMILES string of the molecule is CCC(C)n1ccc(Cn2cc(CCCCN)nn2)n1. The molecule has 110 valence electrons. The fourth-order valence-electron chi connectivity index (χ4n) is 2.04. The Hall–Kier alpha value is -1.69. The Bertz CT molecular complexity index is 515. The Labute approximate surface area is 120 Å². The minimum Gasteiger partial charge on any atom is -0.330 e. The van der Waals surface area contributed by atoms with E-state index >= 15 is 0 Å². The van der Waals surface area contributed by atoms with Crippen LogP contribution in [0.1, 0.15) is 50.5 Å². The molecule has 0 aliphatic carbocycles. The minimum absolute atomic E-state index is 0.436.